The lowest BCUT2D eigenvalue weighted by Gasteiger charge is -2.11. The molecule has 0 aliphatic carbocycles. The molecule has 0 radical (unpaired) electrons. The van der Waals surface area contributed by atoms with E-state index in [2.05, 4.69) is 5.10 Å². The number of hydrogen-bond acceptors (Lipinski definition) is 2. The second-order valence-corrected chi connectivity index (χ2v) is 5.42. The summed E-state index contributed by atoms with van der Waals surface area (Å²) in [5.74, 6) is 0.0326. The van der Waals surface area contributed by atoms with Crippen LogP contribution in [0.15, 0.2) is 59.7 Å². The van der Waals surface area contributed by atoms with Crippen LogP contribution in [0.2, 0.25) is 5.02 Å². The second kappa shape index (κ2) is 6.10. The Balaban J connectivity index is 1.70. The molecule has 1 aliphatic heterocycles. The van der Waals surface area contributed by atoms with E-state index in [0.29, 0.717) is 18.0 Å². The summed E-state index contributed by atoms with van der Waals surface area (Å²) >= 11 is 5.88. The normalized spacial score (nSPS) is 14.1. The molecule has 106 valence electrons. The lowest BCUT2D eigenvalue weighted by molar-refractivity contribution is -0.130. The van der Waals surface area contributed by atoms with Gasteiger partial charge >= 0.3 is 0 Å². The maximum absolute atomic E-state index is 12.2. The zero-order valence-electron chi connectivity index (χ0n) is 11.5. The molecule has 0 unspecified atom stereocenters. The van der Waals surface area contributed by atoms with Crippen molar-refractivity contribution in [1.29, 1.82) is 0 Å². The fourth-order valence-corrected chi connectivity index (χ4v) is 2.47. The van der Waals surface area contributed by atoms with Gasteiger partial charge in [0.25, 0.3) is 0 Å². The third-order valence-corrected chi connectivity index (χ3v) is 3.72. The van der Waals surface area contributed by atoms with Gasteiger partial charge in [-0.15, -0.1) is 0 Å². The van der Waals surface area contributed by atoms with Crippen molar-refractivity contribution in [3.8, 4) is 0 Å². The molecule has 0 bridgehead atoms. The highest BCUT2D eigenvalue weighted by Crippen LogP contribution is 2.17. The molecule has 4 heteroatoms. The quantitative estimate of drug-likeness (QED) is 0.853. The summed E-state index contributed by atoms with van der Waals surface area (Å²) in [4.78, 5) is 12.2. The molecule has 0 atom stereocenters. The first-order valence-corrected chi connectivity index (χ1v) is 7.28. The molecular formula is C17H15ClN2O. The lowest BCUT2D eigenvalue weighted by Crippen LogP contribution is -2.25. The minimum atomic E-state index is 0.0326. The first kappa shape index (κ1) is 13.8. The van der Waals surface area contributed by atoms with Crippen molar-refractivity contribution < 1.29 is 4.79 Å². The van der Waals surface area contributed by atoms with Gasteiger partial charge in [-0.3, -0.25) is 4.79 Å². The zero-order chi connectivity index (χ0) is 14.7. The maximum atomic E-state index is 12.2. The van der Waals surface area contributed by atoms with Crippen molar-refractivity contribution in [3.05, 3.63) is 70.7 Å². The molecule has 0 spiro atoms. The molecule has 21 heavy (non-hydrogen) atoms. The minimum Gasteiger partial charge on any atom is -0.273 e. The molecule has 0 N–H and O–H groups in total. The van der Waals surface area contributed by atoms with Gasteiger partial charge in [0, 0.05) is 11.4 Å². The summed E-state index contributed by atoms with van der Waals surface area (Å²) in [5, 5.41) is 6.71. The third kappa shape index (κ3) is 3.31. The monoisotopic (exact) mass is 298 g/mol. The van der Waals surface area contributed by atoms with Crippen LogP contribution >= 0.6 is 11.6 Å². The largest absolute Gasteiger partial charge is 0.273 e. The lowest BCUT2D eigenvalue weighted by atomic mass is 10.1. The van der Waals surface area contributed by atoms with E-state index in [1.807, 2.05) is 54.6 Å². The molecule has 1 aliphatic rings. The van der Waals surface area contributed by atoms with Crippen molar-refractivity contribution in [2.45, 2.75) is 12.8 Å². The van der Waals surface area contributed by atoms with E-state index >= 15 is 0 Å². The summed E-state index contributed by atoms with van der Waals surface area (Å²) in [6.07, 6.45) is 1.17. The van der Waals surface area contributed by atoms with Crippen molar-refractivity contribution in [1.82, 2.24) is 5.01 Å². The number of hydrogen-bond donors (Lipinski definition) is 0. The summed E-state index contributed by atoms with van der Waals surface area (Å²) in [5.41, 5.74) is 2.97. The molecule has 3 rings (SSSR count). The Labute approximate surface area is 128 Å². The molecule has 2 aromatic rings. The van der Waals surface area contributed by atoms with Gasteiger partial charge in [-0.1, -0.05) is 54.1 Å². The highest BCUT2D eigenvalue weighted by atomic mass is 35.5. The van der Waals surface area contributed by atoms with Gasteiger partial charge in [0.2, 0.25) is 5.91 Å². The topological polar surface area (TPSA) is 32.7 Å². The SMILES string of the molecule is O=C(Cc1ccccc1)N1CCC(c2ccc(Cl)cc2)=N1. The molecule has 0 saturated carbocycles. The fraction of sp³-hybridized carbons (Fsp3) is 0.176. The van der Waals surface area contributed by atoms with E-state index in [4.69, 9.17) is 11.6 Å². The predicted octanol–water partition coefficient (Wildman–Crippen LogP) is 3.52. The summed E-state index contributed by atoms with van der Waals surface area (Å²) < 4.78 is 0. The van der Waals surface area contributed by atoms with Gasteiger partial charge in [0.15, 0.2) is 0 Å². The Bertz CT molecular complexity index is 665. The number of benzene rings is 2. The summed E-state index contributed by atoms with van der Waals surface area (Å²) in [6.45, 7) is 0.642. The van der Waals surface area contributed by atoms with Crippen LogP contribution in [0.1, 0.15) is 17.5 Å². The van der Waals surface area contributed by atoms with Crippen LogP contribution in [-0.2, 0) is 11.2 Å². The molecule has 2 aromatic carbocycles. The Morgan fingerprint density at radius 3 is 2.52 bits per heavy atom. The Morgan fingerprint density at radius 2 is 1.81 bits per heavy atom. The van der Waals surface area contributed by atoms with E-state index in [1.165, 1.54) is 0 Å². The summed E-state index contributed by atoms with van der Waals surface area (Å²) in [7, 11) is 0. The number of amides is 1. The number of rotatable bonds is 3. The highest BCUT2D eigenvalue weighted by molar-refractivity contribution is 6.30. The van der Waals surface area contributed by atoms with Crippen molar-refractivity contribution in [2.75, 3.05) is 6.54 Å². The minimum absolute atomic E-state index is 0.0326. The Hall–Kier alpha value is -2.13. The van der Waals surface area contributed by atoms with Crippen LogP contribution in [0.4, 0.5) is 0 Å². The molecule has 0 saturated heterocycles. The van der Waals surface area contributed by atoms with Crippen molar-refractivity contribution in [2.24, 2.45) is 5.10 Å². The average Bonchev–Trinajstić information content (AvgIpc) is 2.99. The van der Waals surface area contributed by atoms with Gasteiger partial charge in [0.05, 0.1) is 18.7 Å². The van der Waals surface area contributed by atoms with Crippen LogP contribution in [0.25, 0.3) is 0 Å². The van der Waals surface area contributed by atoms with Crippen LogP contribution in [0.3, 0.4) is 0 Å². The first-order valence-electron chi connectivity index (χ1n) is 6.90. The van der Waals surface area contributed by atoms with E-state index in [1.54, 1.807) is 5.01 Å². The van der Waals surface area contributed by atoms with Gasteiger partial charge in [-0.05, 0) is 23.3 Å². The number of hydrazone groups is 1. The van der Waals surface area contributed by atoms with Gasteiger partial charge in [-0.25, -0.2) is 5.01 Å². The van der Waals surface area contributed by atoms with E-state index in [-0.39, 0.29) is 5.91 Å². The molecule has 0 aromatic heterocycles. The molecular weight excluding hydrogens is 284 g/mol. The first-order chi connectivity index (χ1) is 10.2. The van der Waals surface area contributed by atoms with E-state index < -0.39 is 0 Å². The smallest absolute Gasteiger partial charge is 0.247 e. The molecule has 3 nitrogen and oxygen atoms in total. The van der Waals surface area contributed by atoms with Gasteiger partial charge in [-0.2, -0.15) is 5.10 Å². The number of carbonyl (C=O) groups is 1. The summed E-state index contributed by atoms with van der Waals surface area (Å²) in [6, 6.07) is 17.3. The molecule has 1 heterocycles. The van der Waals surface area contributed by atoms with Crippen LogP contribution < -0.4 is 0 Å². The average molecular weight is 299 g/mol. The second-order valence-electron chi connectivity index (χ2n) is 4.98. The molecule has 0 fully saturated rings. The fourth-order valence-electron chi connectivity index (χ4n) is 2.34. The van der Waals surface area contributed by atoms with Crippen molar-refractivity contribution >= 4 is 23.2 Å². The zero-order valence-corrected chi connectivity index (χ0v) is 12.3. The Morgan fingerprint density at radius 1 is 1.10 bits per heavy atom. The number of halogens is 1. The van der Waals surface area contributed by atoms with Crippen LogP contribution in [0, 0.1) is 0 Å². The number of nitrogens with zero attached hydrogens (tertiary/aromatic N) is 2. The molecule has 1 amide bonds. The van der Waals surface area contributed by atoms with Crippen molar-refractivity contribution in [3.63, 3.8) is 0 Å². The standard InChI is InChI=1S/C17H15ClN2O/c18-15-8-6-14(7-9-15)16-10-11-20(19-16)17(21)12-13-4-2-1-3-5-13/h1-9H,10-12H2. The van der Waals surface area contributed by atoms with Crippen LogP contribution in [-0.4, -0.2) is 23.2 Å². The van der Waals surface area contributed by atoms with Gasteiger partial charge < -0.3 is 0 Å². The predicted molar refractivity (Wildman–Crippen MR) is 84.5 cm³/mol. The number of carbonyl (C=O) groups excluding carboxylic acids is 1. The van der Waals surface area contributed by atoms with Gasteiger partial charge in [0.1, 0.15) is 0 Å². The van der Waals surface area contributed by atoms with Crippen LogP contribution in [0.5, 0.6) is 0 Å². The van der Waals surface area contributed by atoms with E-state index in [9.17, 15) is 4.79 Å². The highest BCUT2D eigenvalue weighted by Gasteiger charge is 2.21. The van der Waals surface area contributed by atoms with E-state index in [0.717, 1.165) is 23.3 Å². The maximum Gasteiger partial charge on any atom is 0.247 e. The third-order valence-electron chi connectivity index (χ3n) is 3.47. The Kier molecular flexibility index (Phi) is 4.02.